The van der Waals surface area contributed by atoms with Crippen molar-refractivity contribution in [1.29, 1.82) is 0 Å². The average Bonchev–Trinajstić information content (AvgIpc) is 1.58. The topological polar surface area (TPSA) is 301 Å². The maximum Gasteiger partial charge on any atom is 0.416 e. The van der Waals surface area contributed by atoms with Gasteiger partial charge in [-0.05, 0) is 146 Å². The van der Waals surface area contributed by atoms with Crippen molar-refractivity contribution >= 4 is 113 Å². The molecular weight excluding hydrogens is 1320 g/mol. The summed E-state index contributed by atoms with van der Waals surface area (Å²) in [5, 5.41) is 20.4. The van der Waals surface area contributed by atoms with E-state index in [4.69, 9.17) is 74.9 Å². The van der Waals surface area contributed by atoms with Crippen molar-refractivity contribution in [2.24, 2.45) is 0 Å². The minimum absolute atomic E-state index is 0.0512. The maximum atomic E-state index is 13.6. The molecule has 0 spiro atoms. The fourth-order valence-corrected chi connectivity index (χ4v) is 19.3. The molecule has 6 aliphatic rings. The van der Waals surface area contributed by atoms with Gasteiger partial charge in [0.25, 0.3) is 0 Å². The molecular formula is C59H90Cl2N10O17P2S2. The summed E-state index contributed by atoms with van der Waals surface area (Å²) in [7, 11) is -6.56. The van der Waals surface area contributed by atoms with Crippen LogP contribution >= 0.6 is 61.5 Å². The number of carbonyl (C=O) groups excluding carboxylic acids is 3. The minimum Gasteiger partial charge on any atom is -0.465 e. The average molecular weight is 1410 g/mol. The number of aliphatic hydroxyl groups excluding tert-OH is 1. The van der Waals surface area contributed by atoms with Crippen LogP contribution in [-0.2, 0) is 65.6 Å². The van der Waals surface area contributed by atoms with Gasteiger partial charge in [0, 0.05) is 36.9 Å². The molecule has 33 heteroatoms. The largest absolute Gasteiger partial charge is 0.465 e. The number of ether oxygens (including phenoxy) is 9. The van der Waals surface area contributed by atoms with E-state index in [1.54, 1.807) is 65.9 Å². The van der Waals surface area contributed by atoms with Gasteiger partial charge in [0.2, 0.25) is 25.3 Å². The number of fused-ring (bicyclic) bond motifs is 4. The van der Waals surface area contributed by atoms with E-state index in [0.717, 1.165) is 63.1 Å². The van der Waals surface area contributed by atoms with E-state index in [1.165, 1.54) is 18.4 Å². The quantitative estimate of drug-likeness (QED) is 0.0351. The molecule has 1 N–H and O–H groups in total. The van der Waals surface area contributed by atoms with Crippen LogP contribution in [0.2, 0.25) is 10.6 Å². The number of carbonyl (C=O) groups is 3. The van der Waals surface area contributed by atoms with Gasteiger partial charge in [-0.1, -0.05) is 25.7 Å². The van der Waals surface area contributed by atoms with Crippen LogP contribution in [0.25, 0.3) is 22.1 Å². The number of hydrogen-bond acceptors (Lipinski definition) is 25. The van der Waals surface area contributed by atoms with E-state index in [2.05, 4.69) is 30.1 Å². The van der Waals surface area contributed by atoms with Gasteiger partial charge in [0.1, 0.15) is 40.1 Å². The molecule has 8 heterocycles. The molecule has 6 fully saturated rings. The number of halogens is 2. The molecule has 0 aromatic carbocycles. The first-order chi connectivity index (χ1) is 43.0. The van der Waals surface area contributed by atoms with Crippen LogP contribution in [0.4, 0.5) is 21.2 Å². The molecule has 4 unspecified atom stereocenters. The maximum absolute atomic E-state index is 13.6. The second-order valence-electron chi connectivity index (χ2n) is 26.8. The molecule has 2 saturated carbocycles. The number of nitrogens with zero attached hydrogens (tertiary/aromatic N) is 10. The first-order valence-electron chi connectivity index (χ1n) is 31.4. The number of thioether (sulfide) groups is 2. The minimum atomic E-state index is -3.38. The fraction of sp³-hybridized carbons (Fsp3) is 0.780. The highest BCUT2D eigenvalue weighted by Gasteiger charge is 2.59. The Kier molecular flexibility index (Phi) is 22.6. The molecule has 92 heavy (non-hydrogen) atoms. The summed E-state index contributed by atoms with van der Waals surface area (Å²) in [5.41, 5.74) is -0.714. The van der Waals surface area contributed by atoms with Crippen molar-refractivity contribution in [3.8, 4) is 0 Å². The van der Waals surface area contributed by atoms with E-state index in [1.807, 2.05) is 69.2 Å². The monoisotopic (exact) mass is 1410 g/mol. The van der Waals surface area contributed by atoms with Crippen molar-refractivity contribution in [2.45, 2.75) is 242 Å². The number of rotatable bonds is 21. The normalized spacial score (nSPS) is 27.0. The lowest BCUT2D eigenvalue weighted by Crippen LogP contribution is -2.43. The first kappa shape index (κ1) is 72.8. The van der Waals surface area contributed by atoms with E-state index in [9.17, 15) is 28.6 Å². The highest BCUT2D eigenvalue weighted by molar-refractivity contribution is 8.07. The third kappa shape index (κ3) is 16.0. The Morgan fingerprint density at radius 3 is 1.47 bits per heavy atom. The lowest BCUT2D eigenvalue weighted by atomic mass is 10.1. The van der Waals surface area contributed by atoms with Gasteiger partial charge in [0.15, 0.2) is 52.0 Å². The molecule has 4 aliphatic heterocycles. The molecule has 0 radical (unpaired) electrons. The zero-order valence-electron chi connectivity index (χ0n) is 55.3. The van der Waals surface area contributed by atoms with Crippen LogP contribution in [0.1, 0.15) is 161 Å². The van der Waals surface area contributed by atoms with Gasteiger partial charge in [0.05, 0.1) is 61.8 Å². The summed E-state index contributed by atoms with van der Waals surface area (Å²) in [6.07, 6.45) is 4.41. The van der Waals surface area contributed by atoms with Gasteiger partial charge in [-0.2, -0.15) is 30.1 Å². The van der Waals surface area contributed by atoms with Crippen LogP contribution in [0.15, 0.2) is 12.4 Å². The number of hydrogen-bond donors (Lipinski definition) is 1. The molecule has 10 rings (SSSR count). The number of aromatic nitrogens is 8. The van der Waals surface area contributed by atoms with Crippen molar-refractivity contribution in [3.63, 3.8) is 0 Å². The summed E-state index contributed by atoms with van der Waals surface area (Å²) < 4.78 is 95.1. The van der Waals surface area contributed by atoms with Crippen molar-refractivity contribution in [3.05, 3.63) is 23.0 Å². The Morgan fingerprint density at radius 1 is 0.663 bits per heavy atom. The zero-order valence-corrected chi connectivity index (χ0v) is 60.3. The molecule has 2 aliphatic carbocycles. The van der Waals surface area contributed by atoms with E-state index < -0.39 is 114 Å². The van der Waals surface area contributed by atoms with E-state index >= 15 is 0 Å². The zero-order chi connectivity index (χ0) is 67.3. The molecule has 4 saturated heterocycles. The molecule has 4 aromatic heterocycles. The Hall–Kier alpha value is -3.51. The number of aliphatic hydroxyl groups is 1. The summed E-state index contributed by atoms with van der Waals surface area (Å²) in [6, 6.07) is -0.230. The third-order valence-corrected chi connectivity index (χ3v) is 26.4. The van der Waals surface area contributed by atoms with Gasteiger partial charge < -0.3 is 56.8 Å². The van der Waals surface area contributed by atoms with Gasteiger partial charge in [-0.3, -0.25) is 23.7 Å². The Morgan fingerprint density at radius 2 is 1.08 bits per heavy atom. The van der Waals surface area contributed by atoms with Gasteiger partial charge in [-0.15, -0.1) is 23.5 Å². The number of anilines is 2. The number of esters is 1. The first-order valence-corrected chi connectivity index (χ1v) is 38.4. The Balaban J connectivity index is 0.000000218. The van der Waals surface area contributed by atoms with Gasteiger partial charge >= 0.3 is 18.2 Å². The third-order valence-electron chi connectivity index (χ3n) is 16.4. The van der Waals surface area contributed by atoms with Crippen LogP contribution < -0.4 is 9.80 Å². The second kappa shape index (κ2) is 28.5. The summed E-state index contributed by atoms with van der Waals surface area (Å²) >= 11 is 15.5. The van der Waals surface area contributed by atoms with Crippen molar-refractivity contribution < 1.29 is 80.3 Å². The molecule has 27 nitrogen and oxygen atoms in total. The van der Waals surface area contributed by atoms with Crippen molar-refractivity contribution in [1.82, 2.24) is 39.5 Å². The SMILES string of the molecule is CCOC(=O)C(SC[C@H]1O[C@@H](n2ncc3c(N(C(=O)OC(C)(C)C)C4CCCC4)nc(Cl)nc32)[C@@H]2OC(C)(C)O[C@@H]21)P(C)(=O)OCC.CCOP(C)(=O)C(C)(CO)SC[C@H]1O[C@@H](n2ncc3c(N(C(=O)OC(C)(C)C)C4CCCC4)nc(Cl)nc32)[C@@H]2OC(C)(C)O[C@@H]21. The fourth-order valence-electron chi connectivity index (χ4n) is 12.3. The van der Waals surface area contributed by atoms with Gasteiger partial charge in [-0.25, -0.2) is 19.0 Å². The highest BCUT2D eigenvalue weighted by atomic mass is 35.5. The van der Waals surface area contributed by atoms with Crippen LogP contribution in [0.3, 0.4) is 0 Å². The molecule has 2 amide bonds. The Bertz CT molecular complexity index is 3400. The predicted octanol–water partition coefficient (Wildman–Crippen LogP) is 12.1. The summed E-state index contributed by atoms with van der Waals surface area (Å²) in [4.78, 5) is 60.2. The molecule has 0 bridgehead atoms. The van der Waals surface area contributed by atoms with Crippen LogP contribution in [0, 0.1) is 0 Å². The highest BCUT2D eigenvalue weighted by Crippen LogP contribution is 2.62. The van der Waals surface area contributed by atoms with E-state index in [0.29, 0.717) is 39.5 Å². The van der Waals surface area contributed by atoms with Crippen LogP contribution in [0.5, 0.6) is 0 Å². The summed E-state index contributed by atoms with van der Waals surface area (Å²) in [6.45, 7) is 28.4. The lowest BCUT2D eigenvalue weighted by molar-refractivity contribution is -0.195. The standard InChI is InChI=1S/C30H45ClN5O9PS.C29H45ClN5O8PS/c1-9-40-25(37)26(46(8,39)41-10-2)47-16-19-20-21(44-30(6,7)43-20)24(42-19)36-23-18(15-32-36)22(33-27(31)34-23)35(17-13-11-12-14-17)28(38)45-29(3,4)5;1-9-39-44(8,38)29(7,16-36)45-15-19-20-21(42-28(5,6)41-20)24(40-19)35-23-18(14-31-35)22(32-25(30)33-23)34(17-12-10-11-13-17)26(37)43-27(2,3)4/h15,17,19-21,24,26H,9-14,16H2,1-8H3;14,17,19-21,24,36H,9-13,15-16H2,1-8H3/t19-,20-,21-,24-,26?,46?;19-,20-,21-,24-,29?,44?/m11/s1. The second-order valence-corrected chi connectivity index (χ2v) is 36.3. The van der Waals surface area contributed by atoms with E-state index in [-0.39, 0.29) is 54.8 Å². The number of amides is 2. The predicted molar refractivity (Wildman–Crippen MR) is 349 cm³/mol. The molecule has 4 aromatic rings. The van der Waals surface area contributed by atoms with Crippen LogP contribution in [-0.4, -0.2) is 195 Å². The molecule has 514 valence electrons. The molecule has 12 atom stereocenters. The smallest absolute Gasteiger partial charge is 0.416 e. The lowest BCUT2D eigenvalue weighted by Gasteiger charge is -2.34. The van der Waals surface area contributed by atoms with Crippen molar-refractivity contribution in [2.75, 3.05) is 61.1 Å². The Labute approximate surface area is 555 Å². The summed E-state index contributed by atoms with van der Waals surface area (Å²) in [5.74, 6) is -1.25.